The van der Waals surface area contributed by atoms with Crippen LogP contribution >= 0.6 is 12.4 Å². The zero-order chi connectivity index (χ0) is 21.8. The van der Waals surface area contributed by atoms with Crippen molar-refractivity contribution in [2.75, 3.05) is 44.7 Å². The van der Waals surface area contributed by atoms with Crippen LogP contribution in [0.15, 0.2) is 42.6 Å². The van der Waals surface area contributed by atoms with E-state index in [1.165, 1.54) is 11.3 Å². The van der Waals surface area contributed by atoms with E-state index < -0.39 is 0 Å². The Kier molecular flexibility index (Phi) is 7.88. The first-order valence-corrected chi connectivity index (χ1v) is 10.7. The van der Waals surface area contributed by atoms with Gasteiger partial charge >= 0.3 is 0 Å². The van der Waals surface area contributed by atoms with Gasteiger partial charge in [0.1, 0.15) is 0 Å². The molecule has 0 N–H and O–H groups in total. The average molecular weight is 455 g/mol. The molecule has 0 atom stereocenters. The largest absolute Gasteiger partial charge is 0.481 e. The maximum atomic E-state index is 5.26. The van der Waals surface area contributed by atoms with Crippen LogP contribution in [0.3, 0.4) is 0 Å². The maximum Gasteiger partial charge on any atom is 0.254 e. The number of ether oxygens (including phenoxy) is 1. The molecule has 2 aromatic heterocycles. The van der Waals surface area contributed by atoms with Gasteiger partial charge in [-0.25, -0.2) is 9.67 Å². The number of anilines is 1. The molecule has 0 unspecified atom stereocenters. The van der Waals surface area contributed by atoms with Crippen LogP contribution in [0.25, 0.3) is 12.0 Å². The van der Waals surface area contributed by atoms with Crippen LogP contribution in [0.1, 0.15) is 22.5 Å². The number of rotatable bonds is 6. The third-order valence-corrected chi connectivity index (χ3v) is 5.75. The van der Waals surface area contributed by atoms with Gasteiger partial charge in [-0.05, 0) is 32.4 Å². The van der Waals surface area contributed by atoms with Crippen molar-refractivity contribution in [2.24, 2.45) is 0 Å². The first-order valence-electron chi connectivity index (χ1n) is 10.7. The van der Waals surface area contributed by atoms with Gasteiger partial charge in [-0.2, -0.15) is 10.1 Å². The van der Waals surface area contributed by atoms with E-state index in [1.54, 1.807) is 11.8 Å². The Morgan fingerprint density at radius 1 is 1.03 bits per heavy atom. The van der Waals surface area contributed by atoms with Gasteiger partial charge in [0.2, 0.25) is 5.88 Å². The number of halogens is 1. The SMILES string of the molecule is COc1cc(C)nc(-n2ncc(/C=C/CN3CCN(c4ccccc4C)CC3)c2C)n1.Cl. The van der Waals surface area contributed by atoms with Crippen LogP contribution in [0.2, 0.25) is 0 Å². The number of methoxy groups -OCH3 is 1. The fourth-order valence-electron chi connectivity index (χ4n) is 3.93. The highest BCUT2D eigenvalue weighted by atomic mass is 35.5. The first-order chi connectivity index (χ1) is 15.0. The summed E-state index contributed by atoms with van der Waals surface area (Å²) in [6, 6.07) is 10.4. The quantitative estimate of drug-likeness (QED) is 0.563. The van der Waals surface area contributed by atoms with Gasteiger partial charge in [-0.3, -0.25) is 4.90 Å². The number of piperazine rings is 1. The van der Waals surface area contributed by atoms with Crippen molar-refractivity contribution in [1.82, 2.24) is 24.6 Å². The Hall–Kier alpha value is -2.90. The minimum absolute atomic E-state index is 0. The fourth-order valence-corrected chi connectivity index (χ4v) is 3.93. The lowest BCUT2D eigenvalue weighted by Gasteiger charge is -2.36. The molecule has 1 saturated heterocycles. The molecule has 1 aliphatic heterocycles. The number of hydrogen-bond acceptors (Lipinski definition) is 6. The van der Waals surface area contributed by atoms with E-state index in [9.17, 15) is 0 Å². The average Bonchev–Trinajstić information content (AvgIpc) is 3.14. The molecule has 0 bridgehead atoms. The number of nitrogens with zero attached hydrogens (tertiary/aromatic N) is 6. The Bertz CT molecular complexity index is 1070. The molecule has 1 aliphatic rings. The Morgan fingerprint density at radius 3 is 2.50 bits per heavy atom. The lowest BCUT2D eigenvalue weighted by molar-refractivity contribution is 0.284. The van der Waals surface area contributed by atoms with Crippen LogP contribution in [0.5, 0.6) is 5.88 Å². The standard InChI is InChI=1S/C24H30N6O.ClH/c1-18-8-5-6-10-22(18)29-14-12-28(13-15-29)11-7-9-21-17-25-30(20(21)3)24-26-19(2)16-23(27-24)31-4;/h5-10,16-17H,11-15H2,1-4H3;1H/b9-7+;. The summed E-state index contributed by atoms with van der Waals surface area (Å²) in [5.74, 6) is 1.07. The second kappa shape index (κ2) is 10.6. The fraction of sp³-hybridized carbons (Fsp3) is 0.375. The van der Waals surface area contributed by atoms with Gasteiger partial charge in [0.05, 0.1) is 19.0 Å². The van der Waals surface area contributed by atoms with E-state index in [-0.39, 0.29) is 12.4 Å². The second-order valence-corrected chi connectivity index (χ2v) is 7.93. The molecular formula is C24H31ClN6O. The summed E-state index contributed by atoms with van der Waals surface area (Å²) in [5.41, 5.74) is 5.63. The normalized spacial score (nSPS) is 14.6. The van der Waals surface area contributed by atoms with Gasteiger partial charge in [0.25, 0.3) is 5.95 Å². The monoisotopic (exact) mass is 454 g/mol. The highest BCUT2D eigenvalue weighted by molar-refractivity contribution is 5.85. The molecule has 0 aliphatic carbocycles. The summed E-state index contributed by atoms with van der Waals surface area (Å²) in [7, 11) is 1.61. The lowest BCUT2D eigenvalue weighted by atomic mass is 10.1. The summed E-state index contributed by atoms with van der Waals surface area (Å²) in [6.07, 6.45) is 6.22. The molecule has 0 radical (unpaired) electrons. The predicted molar refractivity (Wildman–Crippen MR) is 131 cm³/mol. The molecule has 3 heterocycles. The van der Waals surface area contributed by atoms with Crippen LogP contribution < -0.4 is 9.64 Å². The Labute approximate surface area is 196 Å². The summed E-state index contributed by atoms with van der Waals surface area (Å²) in [5, 5.41) is 4.48. The molecule has 7 nitrogen and oxygen atoms in total. The van der Waals surface area contributed by atoms with Crippen LogP contribution in [0.4, 0.5) is 5.69 Å². The third-order valence-electron chi connectivity index (χ3n) is 5.75. The van der Waals surface area contributed by atoms with Gasteiger partial charge in [0, 0.05) is 55.7 Å². The van der Waals surface area contributed by atoms with Gasteiger partial charge in [0.15, 0.2) is 0 Å². The van der Waals surface area contributed by atoms with Crippen molar-refractivity contribution in [2.45, 2.75) is 20.8 Å². The molecule has 32 heavy (non-hydrogen) atoms. The number of benzene rings is 1. The molecule has 0 amide bonds. The lowest BCUT2D eigenvalue weighted by Crippen LogP contribution is -2.46. The minimum Gasteiger partial charge on any atom is -0.481 e. The predicted octanol–water partition coefficient (Wildman–Crippen LogP) is 3.85. The highest BCUT2D eigenvalue weighted by Crippen LogP contribution is 2.21. The van der Waals surface area contributed by atoms with Crippen molar-refractivity contribution in [3.8, 4) is 11.8 Å². The second-order valence-electron chi connectivity index (χ2n) is 7.93. The van der Waals surface area contributed by atoms with E-state index >= 15 is 0 Å². The molecular weight excluding hydrogens is 424 g/mol. The minimum atomic E-state index is 0. The molecule has 170 valence electrons. The molecule has 0 spiro atoms. The maximum absolute atomic E-state index is 5.26. The Balaban J connectivity index is 0.00000289. The van der Waals surface area contributed by atoms with Crippen molar-refractivity contribution in [3.63, 3.8) is 0 Å². The zero-order valence-electron chi connectivity index (χ0n) is 19.2. The Morgan fingerprint density at radius 2 is 1.78 bits per heavy atom. The number of para-hydroxylation sites is 1. The molecule has 0 saturated carbocycles. The molecule has 3 aromatic rings. The van der Waals surface area contributed by atoms with Gasteiger partial charge in [-0.15, -0.1) is 12.4 Å². The van der Waals surface area contributed by atoms with E-state index in [2.05, 4.69) is 68.2 Å². The van der Waals surface area contributed by atoms with E-state index in [4.69, 9.17) is 4.74 Å². The summed E-state index contributed by atoms with van der Waals surface area (Å²) in [4.78, 5) is 13.9. The van der Waals surface area contributed by atoms with E-state index in [0.29, 0.717) is 11.8 Å². The van der Waals surface area contributed by atoms with Crippen molar-refractivity contribution in [3.05, 3.63) is 65.1 Å². The number of aryl methyl sites for hydroxylation is 2. The number of hydrogen-bond donors (Lipinski definition) is 0. The molecule has 4 rings (SSSR count). The molecule has 1 fully saturated rings. The van der Waals surface area contributed by atoms with Crippen molar-refractivity contribution >= 4 is 24.2 Å². The van der Waals surface area contributed by atoms with Crippen molar-refractivity contribution in [1.29, 1.82) is 0 Å². The van der Waals surface area contributed by atoms with Crippen molar-refractivity contribution < 1.29 is 4.74 Å². The number of aromatic nitrogens is 4. The highest BCUT2D eigenvalue weighted by Gasteiger charge is 2.17. The van der Waals surface area contributed by atoms with Gasteiger partial charge < -0.3 is 9.64 Å². The smallest absolute Gasteiger partial charge is 0.254 e. The zero-order valence-corrected chi connectivity index (χ0v) is 20.0. The summed E-state index contributed by atoms with van der Waals surface area (Å²) < 4.78 is 7.02. The van der Waals surface area contributed by atoms with E-state index in [1.807, 2.05) is 26.1 Å². The van der Waals surface area contributed by atoms with Crippen LogP contribution in [-0.2, 0) is 0 Å². The molecule has 1 aromatic carbocycles. The summed E-state index contributed by atoms with van der Waals surface area (Å²) >= 11 is 0. The van der Waals surface area contributed by atoms with E-state index in [0.717, 1.165) is 49.7 Å². The topological polar surface area (TPSA) is 59.3 Å². The summed E-state index contributed by atoms with van der Waals surface area (Å²) in [6.45, 7) is 11.3. The molecule has 8 heteroatoms. The van der Waals surface area contributed by atoms with Gasteiger partial charge in [-0.1, -0.05) is 30.4 Å². The van der Waals surface area contributed by atoms with Crippen LogP contribution in [-0.4, -0.2) is 64.5 Å². The first kappa shape index (κ1) is 23.8. The third kappa shape index (κ3) is 5.29. The van der Waals surface area contributed by atoms with Crippen LogP contribution in [0, 0.1) is 20.8 Å².